The lowest BCUT2D eigenvalue weighted by Crippen LogP contribution is -2.11. The van der Waals surface area contributed by atoms with E-state index in [-0.39, 0.29) is 0 Å². The number of halogens is 1. The van der Waals surface area contributed by atoms with Gasteiger partial charge in [0.2, 0.25) is 0 Å². The van der Waals surface area contributed by atoms with Crippen LogP contribution in [0.25, 0.3) is 0 Å². The van der Waals surface area contributed by atoms with Crippen LogP contribution in [0.5, 0.6) is 0 Å². The van der Waals surface area contributed by atoms with Gasteiger partial charge in [0, 0.05) is 9.35 Å². The first-order chi connectivity index (χ1) is 8.16. The van der Waals surface area contributed by atoms with Gasteiger partial charge in [0.05, 0.1) is 24.1 Å². The van der Waals surface area contributed by atoms with Crippen molar-refractivity contribution < 1.29 is 0 Å². The number of nitrogens with two attached hydrogens (primary N) is 1. The standard InChI is InChI=1S/C11H10BrN3S2/c12-8-3-4-17-10(8)6-14-7-1-2-9(11(13)16)15-5-7/h1-5,14H,6H2,(H2,13,16). The number of hydrogen-bond acceptors (Lipinski definition) is 4. The Hall–Kier alpha value is -0.980. The van der Waals surface area contributed by atoms with Crippen molar-refractivity contribution in [2.75, 3.05) is 5.32 Å². The van der Waals surface area contributed by atoms with Gasteiger partial charge in [-0.1, -0.05) is 12.2 Å². The van der Waals surface area contributed by atoms with Gasteiger partial charge in [-0.2, -0.15) is 0 Å². The molecule has 0 fully saturated rings. The summed E-state index contributed by atoms with van der Waals surface area (Å²) < 4.78 is 1.13. The van der Waals surface area contributed by atoms with Crippen LogP contribution < -0.4 is 11.1 Å². The van der Waals surface area contributed by atoms with Crippen LogP contribution in [0.3, 0.4) is 0 Å². The monoisotopic (exact) mass is 327 g/mol. The second-order valence-electron chi connectivity index (χ2n) is 3.34. The maximum Gasteiger partial charge on any atom is 0.122 e. The predicted molar refractivity (Wildman–Crippen MR) is 79.5 cm³/mol. The Morgan fingerprint density at radius 3 is 2.82 bits per heavy atom. The zero-order chi connectivity index (χ0) is 12.3. The van der Waals surface area contributed by atoms with E-state index in [1.54, 1.807) is 17.5 Å². The predicted octanol–water partition coefficient (Wildman–Crippen LogP) is 3.15. The van der Waals surface area contributed by atoms with E-state index < -0.39 is 0 Å². The summed E-state index contributed by atoms with van der Waals surface area (Å²) in [6.07, 6.45) is 1.73. The molecule has 2 rings (SSSR count). The van der Waals surface area contributed by atoms with Gasteiger partial charge in [-0.25, -0.2) is 0 Å². The van der Waals surface area contributed by atoms with Crippen LogP contribution in [0.15, 0.2) is 34.2 Å². The van der Waals surface area contributed by atoms with Gasteiger partial charge in [-0.15, -0.1) is 11.3 Å². The molecule has 0 aromatic carbocycles. The van der Waals surface area contributed by atoms with Crippen molar-refractivity contribution in [3.05, 3.63) is 44.8 Å². The number of hydrogen-bond donors (Lipinski definition) is 2. The third-order valence-electron chi connectivity index (χ3n) is 2.16. The van der Waals surface area contributed by atoms with Gasteiger partial charge in [0.25, 0.3) is 0 Å². The van der Waals surface area contributed by atoms with Crippen molar-refractivity contribution in [2.45, 2.75) is 6.54 Å². The molecule has 88 valence electrons. The lowest BCUT2D eigenvalue weighted by molar-refractivity contribution is 1.16. The average Bonchev–Trinajstić information content (AvgIpc) is 2.73. The molecule has 2 aromatic heterocycles. The number of rotatable bonds is 4. The van der Waals surface area contributed by atoms with Crippen molar-refractivity contribution >= 4 is 50.2 Å². The highest BCUT2D eigenvalue weighted by atomic mass is 79.9. The minimum absolute atomic E-state index is 0.317. The van der Waals surface area contributed by atoms with Crippen molar-refractivity contribution in [2.24, 2.45) is 5.73 Å². The third-order valence-corrected chi connectivity index (χ3v) is 4.30. The van der Waals surface area contributed by atoms with Gasteiger partial charge in [0.15, 0.2) is 0 Å². The molecule has 0 aliphatic rings. The molecule has 3 nitrogen and oxygen atoms in total. The maximum absolute atomic E-state index is 5.48. The molecule has 0 saturated carbocycles. The molecule has 6 heteroatoms. The fourth-order valence-electron chi connectivity index (χ4n) is 1.28. The number of nitrogens with one attached hydrogen (secondary N) is 1. The second kappa shape index (κ2) is 5.57. The van der Waals surface area contributed by atoms with E-state index in [0.29, 0.717) is 10.7 Å². The summed E-state index contributed by atoms with van der Waals surface area (Å²) in [5.74, 6) is 0. The van der Waals surface area contributed by atoms with E-state index in [4.69, 9.17) is 18.0 Å². The van der Waals surface area contributed by atoms with Crippen LogP contribution in [-0.4, -0.2) is 9.97 Å². The summed E-state index contributed by atoms with van der Waals surface area (Å²) in [6, 6.07) is 5.77. The van der Waals surface area contributed by atoms with Crippen molar-refractivity contribution in [3.8, 4) is 0 Å². The summed E-state index contributed by atoms with van der Waals surface area (Å²) in [7, 11) is 0. The molecular formula is C11H10BrN3S2. The van der Waals surface area contributed by atoms with Crippen LogP contribution in [0.2, 0.25) is 0 Å². The van der Waals surface area contributed by atoms with Crippen molar-refractivity contribution in [1.29, 1.82) is 0 Å². The number of thiocarbonyl (C=S) groups is 1. The summed E-state index contributed by atoms with van der Waals surface area (Å²) in [5, 5.41) is 5.34. The van der Waals surface area contributed by atoms with E-state index in [1.165, 1.54) is 4.88 Å². The topological polar surface area (TPSA) is 50.9 Å². The first-order valence-corrected chi connectivity index (χ1v) is 6.96. The Kier molecular flexibility index (Phi) is 4.09. The molecule has 0 aliphatic carbocycles. The third kappa shape index (κ3) is 3.24. The van der Waals surface area contributed by atoms with Crippen LogP contribution >= 0.6 is 39.5 Å². The number of aromatic nitrogens is 1. The number of nitrogens with zero attached hydrogens (tertiary/aromatic N) is 1. The van der Waals surface area contributed by atoms with Crippen LogP contribution in [-0.2, 0) is 6.54 Å². The molecular weight excluding hydrogens is 318 g/mol. The highest BCUT2D eigenvalue weighted by Crippen LogP contribution is 2.23. The Morgan fingerprint density at radius 1 is 1.47 bits per heavy atom. The minimum atomic E-state index is 0.317. The fourth-order valence-corrected chi connectivity index (χ4v) is 2.83. The molecule has 0 saturated heterocycles. The maximum atomic E-state index is 5.48. The molecule has 0 aliphatic heterocycles. The van der Waals surface area contributed by atoms with E-state index in [1.807, 2.05) is 18.2 Å². The zero-order valence-corrected chi connectivity index (χ0v) is 12.0. The largest absolute Gasteiger partial charge is 0.388 e. The van der Waals surface area contributed by atoms with Gasteiger partial charge < -0.3 is 11.1 Å². The quantitative estimate of drug-likeness (QED) is 0.847. The summed E-state index contributed by atoms with van der Waals surface area (Å²) >= 11 is 10.0. The SMILES string of the molecule is NC(=S)c1ccc(NCc2sccc2Br)cn1. The molecule has 0 bridgehead atoms. The molecule has 3 N–H and O–H groups in total. The summed E-state index contributed by atoms with van der Waals surface area (Å²) in [4.78, 5) is 5.73. The molecule has 2 aromatic rings. The van der Waals surface area contributed by atoms with Crippen LogP contribution in [0.1, 0.15) is 10.6 Å². The lowest BCUT2D eigenvalue weighted by atomic mass is 10.3. The summed E-state index contributed by atoms with van der Waals surface area (Å²) in [6.45, 7) is 0.770. The highest BCUT2D eigenvalue weighted by molar-refractivity contribution is 9.10. The normalized spacial score (nSPS) is 10.2. The molecule has 0 unspecified atom stereocenters. The lowest BCUT2D eigenvalue weighted by Gasteiger charge is -2.05. The molecule has 0 atom stereocenters. The van der Waals surface area contributed by atoms with Crippen LogP contribution in [0, 0.1) is 0 Å². The first kappa shape index (κ1) is 12.5. The molecule has 0 radical (unpaired) electrons. The number of thiophene rings is 1. The Morgan fingerprint density at radius 2 is 2.29 bits per heavy atom. The number of pyridine rings is 1. The number of anilines is 1. The second-order valence-corrected chi connectivity index (χ2v) is 5.64. The average molecular weight is 328 g/mol. The highest BCUT2D eigenvalue weighted by Gasteiger charge is 2.02. The zero-order valence-electron chi connectivity index (χ0n) is 8.81. The molecule has 0 amide bonds. The van der Waals surface area contributed by atoms with Crippen molar-refractivity contribution in [3.63, 3.8) is 0 Å². The molecule has 17 heavy (non-hydrogen) atoms. The Balaban J connectivity index is 2.00. The van der Waals surface area contributed by atoms with Gasteiger partial charge in [-0.3, -0.25) is 4.98 Å². The van der Waals surface area contributed by atoms with Crippen LogP contribution in [0.4, 0.5) is 5.69 Å². The smallest absolute Gasteiger partial charge is 0.122 e. The Bertz CT molecular complexity index is 522. The Labute approximate surface area is 117 Å². The van der Waals surface area contributed by atoms with Gasteiger partial charge in [-0.05, 0) is 39.5 Å². The van der Waals surface area contributed by atoms with Gasteiger partial charge in [0.1, 0.15) is 4.99 Å². The van der Waals surface area contributed by atoms with Gasteiger partial charge >= 0.3 is 0 Å². The van der Waals surface area contributed by atoms with E-state index >= 15 is 0 Å². The molecule has 0 spiro atoms. The summed E-state index contributed by atoms with van der Waals surface area (Å²) in [5.41, 5.74) is 7.07. The molecule has 2 heterocycles. The minimum Gasteiger partial charge on any atom is -0.388 e. The van der Waals surface area contributed by atoms with E-state index in [0.717, 1.165) is 16.7 Å². The fraction of sp³-hybridized carbons (Fsp3) is 0.0909. The van der Waals surface area contributed by atoms with E-state index in [2.05, 4.69) is 31.6 Å². The van der Waals surface area contributed by atoms with E-state index in [9.17, 15) is 0 Å². The van der Waals surface area contributed by atoms with Crippen molar-refractivity contribution in [1.82, 2.24) is 4.98 Å². The first-order valence-electron chi connectivity index (χ1n) is 4.88.